The van der Waals surface area contributed by atoms with Gasteiger partial charge in [-0.05, 0) is 28.1 Å². The van der Waals surface area contributed by atoms with Crippen LogP contribution >= 0.6 is 15.9 Å². The van der Waals surface area contributed by atoms with Crippen molar-refractivity contribution in [1.29, 1.82) is 0 Å². The third-order valence-electron chi connectivity index (χ3n) is 1.56. The number of phenolic OH excluding ortho intramolecular Hbond substituents is 1. The molecular formula is C8H7BrF2O2. The Labute approximate surface area is 82.3 Å². The molecule has 0 saturated carbocycles. The van der Waals surface area contributed by atoms with Gasteiger partial charge in [0.25, 0.3) is 6.43 Å². The Morgan fingerprint density at radius 1 is 1.46 bits per heavy atom. The summed E-state index contributed by atoms with van der Waals surface area (Å²) >= 11 is 2.93. The molecule has 0 aliphatic heterocycles. The third kappa shape index (κ3) is 1.91. The average Bonchev–Trinajstić information content (AvgIpc) is 2.04. The molecule has 0 atom stereocenters. The number of ether oxygens (including phenoxy) is 1. The van der Waals surface area contributed by atoms with Gasteiger partial charge >= 0.3 is 0 Å². The van der Waals surface area contributed by atoms with Gasteiger partial charge in [-0.1, -0.05) is 0 Å². The molecule has 13 heavy (non-hydrogen) atoms. The summed E-state index contributed by atoms with van der Waals surface area (Å²) in [7, 11) is 1.37. The van der Waals surface area contributed by atoms with Crippen molar-refractivity contribution < 1.29 is 18.6 Å². The van der Waals surface area contributed by atoms with Crippen molar-refractivity contribution in [1.82, 2.24) is 0 Å². The topological polar surface area (TPSA) is 29.5 Å². The van der Waals surface area contributed by atoms with E-state index in [4.69, 9.17) is 9.84 Å². The minimum absolute atomic E-state index is 0.0880. The Balaban J connectivity index is 3.30. The highest BCUT2D eigenvalue weighted by atomic mass is 79.9. The molecular weight excluding hydrogens is 246 g/mol. The minimum Gasteiger partial charge on any atom is -0.507 e. The van der Waals surface area contributed by atoms with E-state index in [0.717, 1.165) is 0 Å². The van der Waals surface area contributed by atoms with Crippen LogP contribution in [-0.2, 0) is 0 Å². The van der Waals surface area contributed by atoms with Gasteiger partial charge in [0, 0.05) is 0 Å². The SMILES string of the molecule is COc1ccc(O)c(C(F)F)c1Br. The fraction of sp³-hybridized carbons (Fsp3) is 0.250. The quantitative estimate of drug-likeness (QED) is 0.877. The molecule has 0 heterocycles. The molecule has 72 valence electrons. The van der Waals surface area contributed by atoms with E-state index in [1.54, 1.807) is 0 Å². The first-order valence-corrected chi connectivity index (χ1v) is 4.20. The van der Waals surface area contributed by atoms with Crippen LogP contribution in [0.25, 0.3) is 0 Å². The van der Waals surface area contributed by atoms with Gasteiger partial charge in [-0.2, -0.15) is 0 Å². The minimum atomic E-state index is -2.73. The van der Waals surface area contributed by atoms with Crippen LogP contribution in [0.4, 0.5) is 8.78 Å². The second-order valence-electron chi connectivity index (χ2n) is 2.32. The molecule has 2 nitrogen and oxygen atoms in total. The molecule has 1 aromatic carbocycles. The van der Waals surface area contributed by atoms with Crippen molar-refractivity contribution in [2.75, 3.05) is 7.11 Å². The van der Waals surface area contributed by atoms with Crippen molar-refractivity contribution in [3.05, 3.63) is 22.2 Å². The van der Waals surface area contributed by atoms with E-state index < -0.39 is 17.7 Å². The zero-order valence-electron chi connectivity index (χ0n) is 6.72. The van der Waals surface area contributed by atoms with Crippen molar-refractivity contribution >= 4 is 15.9 Å². The fourth-order valence-electron chi connectivity index (χ4n) is 0.928. The summed E-state index contributed by atoms with van der Waals surface area (Å²) in [5.74, 6) is -0.171. The van der Waals surface area contributed by atoms with Crippen LogP contribution in [0, 0.1) is 0 Å². The number of benzene rings is 1. The van der Waals surface area contributed by atoms with Gasteiger partial charge in [0.2, 0.25) is 0 Å². The maximum atomic E-state index is 12.4. The third-order valence-corrected chi connectivity index (χ3v) is 2.38. The lowest BCUT2D eigenvalue weighted by atomic mass is 10.2. The van der Waals surface area contributed by atoms with E-state index in [9.17, 15) is 8.78 Å². The van der Waals surface area contributed by atoms with Gasteiger partial charge in [0.15, 0.2) is 0 Å². The molecule has 5 heteroatoms. The lowest BCUT2D eigenvalue weighted by Crippen LogP contribution is -1.91. The second-order valence-corrected chi connectivity index (χ2v) is 3.11. The van der Waals surface area contributed by atoms with E-state index in [1.165, 1.54) is 19.2 Å². The predicted octanol–water partition coefficient (Wildman–Crippen LogP) is 3.10. The largest absolute Gasteiger partial charge is 0.507 e. The molecule has 1 N–H and O–H groups in total. The number of halogens is 3. The van der Waals surface area contributed by atoms with Crippen molar-refractivity contribution in [3.8, 4) is 11.5 Å². The molecule has 0 aliphatic rings. The summed E-state index contributed by atoms with van der Waals surface area (Å²) in [5.41, 5.74) is -0.445. The van der Waals surface area contributed by atoms with Gasteiger partial charge in [-0.15, -0.1) is 0 Å². The standard InChI is InChI=1S/C8H7BrF2O2/c1-13-5-3-2-4(12)6(7(5)9)8(10)11/h2-3,8,12H,1H3. The molecule has 0 saturated heterocycles. The zero-order valence-corrected chi connectivity index (χ0v) is 8.31. The first-order chi connectivity index (χ1) is 6.07. The van der Waals surface area contributed by atoms with Crippen LogP contribution in [-0.4, -0.2) is 12.2 Å². The molecule has 1 aromatic rings. The number of phenols is 1. The van der Waals surface area contributed by atoms with Crippen LogP contribution in [0.1, 0.15) is 12.0 Å². The number of alkyl halides is 2. The normalized spacial score (nSPS) is 10.5. The van der Waals surface area contributed by atoms with Crippen LogP contribution in [0.5, 0.6) is 11.5 Å². The number of hydrogen-bond acceptors (Lipinski definition) is 2. The van der Waals surface area contributed by atoms with Crippen molar-refractivity contribution in [2.45, 2.75) is 6.43 Å². The Hall–Kier alpha value is -0.840. The van der Waals surface area contributed by atoms with Gasteiger partial charge in [-0.25, -0.2) is 8.78 Å². The summed E-state index contributed by atoms with van der Waals surface area (Å²) in [6, 6.07) is 2.58. The zero-order chi connectivity index (χ0) is 10.0. The van der Waals surface area contributed by atoms with Crippen molar-refractivity contribution in [3.63, 3.8) is 0 Å². The molecule has 1 rings (SSSR count). The van der Waals surface area contributed by atoms with E-state index in [1.807, 2.05) is 0 Å². The molecule has 0 unspecified atom stereocenters. The summed E-state index contributed by atoms with van der Waals surface area (Å²) in [5, 5.41) is 9.12. The predicted molar refractivity (Wildman–Crippen MR) is 47.3 cm³/mol. The average molecular weight is 253 g/mol. The van der Waals surface area contributed by atoms with Gasteiger partial charge in [0.1, 0.15) is 11.5 Å². The molecule has 0 aliphatic carbocycles. The van der Waals surface area contributed by atoms with E-state index in [0.29, 0.717) is 0 Å². The lowest BCUT2D eigenvalue weighted by Gasteiger charge is -2.09. The van der Waals surface area contributed by atoms with Gasteiger partial charge in [0.05, 0.1) is 17.1 Å². The van der Waals surface area contributed by atoms with Crippen LogP contribution in [0.3, 0.4) is 0 Å². The Kier molecular flexibility index (Phi) is 3.08. The smallest absolute Gasteiger partial charge is 0.268 e. The highest BCUT2D eigenvalue weighted by Crippen LogP contribution is 2.40. The Bertz CT molecular complexity index is 315. The number of hydrogen-bond donors (Lipinski definition) is 1. The van der Waals surface area contributed by atoms with E-state index >= 15 is 0 Å². The maximum absolute atomic E-state index is 12.4. The highest BCUT2D eigenvalue weighted by Gasteiger charge is 2.19. The van der Waals surface area contributed by atoms with E-state index in [2.05, 4.69) is 15.9 Å². The van der Waals surface area contributed by atoms with E-state index in [-0.39, 0.29) is 10.2 Å². The summed E-state index contributed by atoms with van der Waals surface area (Å²) < 4.78 is 29.6. The van der Waals surface area contributed by atoms with Gasteiger partial charge < -0.3 is 9.84 Å². The van der Waals surface area contributed by atoms with Gasteiger partial charge in [-0.3, -0.25) is 0 Å². The second kappa shape index (κ2) is 3.91. The Morgan fingerprint density at radius 2 is 2.08 bits per heavy atom. The first kappa shape index (κ1) is 10.2. The highest BCUT2D eigenvalue weighted by molar-refractivity contribution is 9.10. The van der Waals surface area contributed by atoms with Crippen LogP contribution in [0.15, 0.2) is 16.6 Å². The van der Waals surface area contributed by atoms with Crippen LogP contribution in [0.2, 0.25) is 0 Å². The molecule has 0 aromatic heterocycles. The molecule has 0 bridgehead atoms. The van der Waals surface area contributed by atoms with Crippen LogP contribution < -0.4 is 4.74 Å². The molecule has 0 fully saturated rings. The van der Waals surface area contributed by atoms with Crippen molar-refractivity contribution in [2.24, 2.45) is 0 Å². The fourth-order valence-corrected chi connectivity index (χ4v) is 1.60. The number of methoxy groups -OCH3 is 1. The molecule has 0 radical (unpaired) electrons. The summed E-state index contributed by atoms with van der Waals surface area (Å²) in [6.07, 6.45) is -2.73. The molecule has 0 amide bonds. The molecule has 0 spiro atoms. The summed E-state index contributed by atoms with van der Waals surface area (Å²) in [6.45, 7) is 0. The monoisotopic (exact) mass is 252 g/mol. The lowest BCUT2D eigenvalue weighted by molar-refractivity contribution is 0.146. The maximum Gasteiger partial charge on any atom is 0.268 e. The Morgan fingerprint density at radius 3 is 2.54 bits per heavy atom. The first-order valence-electron chi connectivity index (χ1n) is 3.41. The number of aromatic hydroxyl groups is 1. The summed E-state index contributed by atoms with van der Waals surface area (Å²) in [4.78, 5) is 0. The number of rotatable bonds is 2.